The molecular formula is C13H26N2O2. The molecule has 0 atom stereocenters. The van der Waals surface area contributed by atoms with Crippen molar-refractivity contribution in [2.24, 2.45) is 0 Å². The van der Waals surface area contributed by atoms with E-state index >= 15 is 0 Å². The molecule has 0 heterocycles. The van der Waals surface area contributed by atoms with Gasteiger partial charge in [-0.1, -0.05) is 33.1 Å². The Hall–Kier alpha value is -0.610. The molecule has 1 rings (SSSR count). The molecule has 4 nitrogen and oxygen atoms in total. The molecule has 0 aromatic carbocycles. The van der Waals surface area contributed by atoms with Crippen LogP contribution >= 0.6 is 0 Å². The van der Waals surface area contributed by atoms with E-state index in [9.17, 15) is 4.79 Å². The van der Waals surface area contributed by atoms with Crippen LogP contribution < -0.4 is 5.32 Å². The Labute approximate surface area is 104 Å². The Kier molecular flexibility index (Phi) is 6.52. The highest BCUT2D eigenvalue weighted by atomic mass is 16.3. The van der Waals surface area contributed by atoms with Gasteiger partial charge in [0.1, 0.15) is 0 Å². The second kappa shape index (κ2) is 7.67. The Morgan fingerprint density at radius 2 is 2.00 bits per heavy atom. The summed E-state index contributed by atoms with van der Waals surface area (Å²) < 4.78 is 0. The number of hydrogen-bond acceptors (Lipinski definition) is 3. The van der Waals surface area contributed by atoms with E-state index in [1.807, 2.05) is 18.7 Å². The fraction of sp³-hybridized carbons (Fsp3) is 0.923. The molecule has 0 radical (unpaired) electrons. The van der Waals surface area contributed by atoms with Crippen LogP contribution in [0.5, 0.6) is 0 Å². The molecule has 1 saturated carbocycles. The van der Waals surface area contributed by atoms with Gasteiger partial charge in [0.05, 0.1) is 13.2 Å². The summed E-state index contributed by atoms with van der Waals surface area (Å²) in [6.45, 7) is 4.98. The SMILES string of the molecule is CC(C)NCC(=O)N(CCO)C1CCCCC1. The van der Waals surface area contributed by atoms with Gasteiger partial charge in [0.15, 0.2) is 0 Å². The van der Waals surface area contributed by atoms with Crippen LogP contribution in [-0.4, -0.2) is 47.7 Å². The van der Waals surface area contributed by atoms with Crippen LogP contribution in [-0.2, 0) is 4.79 Å². The predicted molar refractivity (Wildman–Crippen MR) is 68.8 cm³/mol. The number of nitrogens with zero attached hydrogens (tertiary/aromatic N) is 1. The highest BCUT2D eigenvalue weighted by Crippen LogP contribution is 2.22. The Morgan fingerprint density at radius 1 is 1.35 bits per heavy atom. The lowest BCUT2D eigenvalue weighted by atomic mass is 9.94. The quantitative estimate of drug-likeness (QED) is 0.734. The monoisotopic (exact) mass is 242 g/mol. The number of aliphatic hydroxyl groups excluding tert-OH is 1. The summed E-state index contributed by atoms with van der Waals surface area (Å²) in [5, 5.41) is 12.2. The first-order valence-electron chi connectivity index (χ1n) is 6.79. The zero-order valence-electron chi connectivity index (χ0n) is 11.1. The molecule has 0 spiro atoms. The average molecular weight is 242 g/mol. The fourth-order valence-electron chi connectivity index (χ4n) is 2.40. The molecule has 0 aliphatic heterocycles. The summed E-state index contributed by atoms with van der Waals surface area (Å²) in [6.07, 6.45) is 5.87. The van der Waals surface area contributed by atoms with E-state index in [1.165, 1.54) is 19.3 Å². The number of amides is 1. The number of aliphatic hydroxyl groups is 1. The van der Waals surface area contributed by atoms with Gasteiger partial charge >= 0.3 is 0 Å². The third-order valence-corrected chi connectivity index (χ3v) is 3.34. The van der Waals surface area contributed by atoms with E-state index in [0.717, 1.165) is 12.8 Å². The molecule has 4 heteroatoms. The highest BCUT2D eigenvalue weighted by molar-refractivity contribution is 5.78. The van der Waals surface area contributed by atoms with E-state index in [1.54, 1.807) is 0 Å². The maximum absolute atomic E-state index is 12.1. The second-order valence-electron chi connectivity index (χ2n) is 5.14. The van der Waals surface area contributed by atoms with Crippen LogP contribution in [0.15, 0.2) is 0 Å². The molecule has 1 amide bonds. The number of carbonyl (C=O) groups is 1. The van der Waals surface area contributed by atoms with Crippen LogP contribution in [0.3, 0.4) is 0 Å². The minimum absolute atomic E-state index is 0.0594. The molecule has 0 unspecified atom stereocenters. The topological polar surface area (TPSA) is 52.6 Å². The average Bonchev–Trinajstić information content (AvgIpc) is 2.34. The van der Waals surface area contributed by atoms with Crippen molar-refractivity contribution < 1.29 is 9.90 Å². The minimum atomic E-state index is 0.0594. The molecule has 0 aromatic rings. The molecule has 1 aliphatic rings. The van der Waals surface area contributed by atoms with E-state index in [-0.39, 0.29) is 12.5 Å². The molecule has 2 N–H and O–H groups in total. The Balaban J connectivity index is 2.47. The molecule has 1 aliphatic carbocycles. The van der Waals surface area contributed by atoms with Crippen molar-refractivity contribution in [2.45, 2.75) is 58.0 Å². The van der Waals surface area contributed by atoms with Crippen LogP contribution in [0.2, 0.25) is 0 Å². The molecular weight excluding hydrogens is 216 g/mol. The van der Waals surface area contributed by atoms with Crippen LogP contribution in [0.25, 0.3) is 0 Å². The first-order chi connectivity index (χ1) is 8.15. The first-order valence-corrected chi connectivity index (χ1v) is 6.79. The van der Waals surface area contributed by atoms with Gasteiger partial charge in [-0.25, -0.2) is 0 Å². The van der Waals surface area contributed by atoms with Gasteiger partial charge in [-0.2, -0.15) is 0 Å². The Bertz CT molecular complexity index is 225. The summed E-state index contributed by atoms with van der Waals surface area (Å²) >= 11 is 0. The fourth-order valence-corrected chi connectivity index (χ4v) is 2.40. The maximum Gasteiger partial charge on any atom is 0.236 e. The summed E-state index contributed by atoms with van der Waals surface area (Å²) in [5.41, 5.74) is 0. The zero-order chi connectivity index (χ0) is 12.7. The molecule has 100 valence electrons. The maximum atomic E-state index is 12.1. The number of carbonyl (C=O) groups excluding carboxylic acids is 1. The number of hydrogen-bond donors (Lipinski definition) is 2. The van der Waals surface area contributed by atoms with Crippen LogP contribution in [0, 0.1) is 0 Å². The van der Waals surface area contributed by atoms with Gasteiger partial charge < -0.3 is 15.3 Å². The lowest BCUT2D eigenvalue weighted by Crippen LogP contribution is -2.47. The van der Waals surface area contributed by atoms with Crippen LogP contribution in [0.4, 0.5) is 0 Å². The minimum Gasteiger partial charge on any atom is -0.395 e. The lowest BCUT2D eigenvalue weighted by Gasteiger charge is -2.34. The summed E-state index contributed by atoms with van der Waals surface area (Å²) in [6, 6.07) is 0.665. The van der Waals surface area contributed by atoms with Crippen molar-refractivity contribution in [3.8, 4) is 0 Å². The standard InChI is InChI=1S/C13H26N2O2/c1-11(2)14-10-13(17)15(8-9-16)12-6-4-3-5-7-12/h11-12,14,16H,3-10H2,1-2H3. The predicted octanol–water partition coefficient (Wildman–Crippen LogP) is 1.14. The van der Waals surface area contributed by atoms with Crippen molar-refractivity contribution in [1.29, 1.82) is 0 Å². The molecule has 0 bridgehead atoms. The highest BCUT2D eigenvalue weighted by Gasteiger charge is 2.24. The molecule has 17 heavy (non-hydrogen) atoms. The molecule has 0 saturated heterocycles. The third-order valence-electron chi connectivity index (χ3n) is 3.34. The van der Waals surface area contributed by atoms with Gasteiger partial charge in [0.2, 0.25) is 5.91 Å². The Morgan fingerprint density at radius 3 is 2.53 bits per heavy atom. The normalized spacial score (nSPS) is 17.4. The van der Waals surface area contributed by atoms with E-state index in [2.05, 4.69) is 5.32 Å². The zero-order valence-corrected chi connectivity index (χ0v) is 11.1. The van der Waals surface area contributed by atoms with Crippen molar-refractivity contribution in [2.75, 3.05) is 19.7 Å². The van der Waals surface area contributed by atoms with Crippen molar-refractivity contribution >= 4 is 5.91 Å². The van der Waals surface area contributed by atoms with Gasteiger partial charge in [-0.15, -0.1) is 0 Å². The lowest BCUT2D eigenvalue weighted by molar-refractivity contribution is -0.134. The largest absolute Gasteiger partial charge is 0.395 e. The summed E-state index contributed by atoms with van der Waals surface area (Å²) in [5.74, 6) is 0.125. The molecule has 0 aromatic heterocycles. The van der Waals surface area contributed by atoms with Crippen molar-refractivity contribution in [3.63, 3.8) is 0 Å². The van der Waals surface area contributed by atoms with Crippen molar-refractivity contribution in [3.05, 3.63) is 0 Å². The third kappa shape index (κ3) is 5.04. The van der Waals surface area contributed by atoms with Crippen LogP contribution in [0.1, 0.15) is 46.0 Å². The van der Waals surface area contributed by atoms with Gasteiger partial charge in [-0.3, -0.25) is 4.79 Å². The van der Waals surface area contributed by atoms with Gasteiger partial charge in [-0.05, 0) is 12.8 Å². The number of nitrogens with one attached hydrogen (secondary N) is 1. The van der Waals surface area contributed by atoms with E-state index < -0.39 is 0 Å². The first kappa shape index (κ1) is 14.5. The summed E-state index contributed by atoms with van der Waals surface area (Å²) in [4.78, 5) is 14.0. The smallest absolute Gasteiger partial charge is 0.236 e. The second-order valence-corrected chi connectivity index (χ2v) is 5.14. The number of rotatable bonds is 6. The molecule has 1 fully saturated rings. The van der Waals surface area contributed by atoms with E-state index in [4.69, 9.17) is 5.11 Å². The summed E-state index contributed by atoms with van der Waals surface area (Å²) in [7, 11) is 0. The van der Waals surface area contributed by atoms with E-state index in [0.29, 0.717) is 25.2 Å². The van der Waals surface area contributed by atoms with Gasteiger partial charge in [0.25, 0.3) is 0 Å². The van der Waals surface area contributed by atoms with Gasteiger partial charge in [0, 0.05) is 18.6 Å². The van der Waals surface area contributed by atoms with Crippen molar-refractivity contribution in [1.82, 2.24) is 10.2 Å².